The van der Waals surface area contributed by atoms with Crippen LogP contribution in [0.4, 0.5) is 5.69 Å². The summed E-state index contributed by atoms with van der Waals surface area (Å²) in [4.78, 5) is 24.4. The summed E-state index contributed by atoms with van der Waals surface area (Å²) in [6.07, 6.45) is 0.119. The first kappa shape index (κ1) is 19.5. The van der Waals surface area contributed by atoms with Crippen LogP contribution in [0.15, 0.2) is 36.4 Å². The highest BCUT2D eigenvalue weighted by molar-refractivity contribution is 6.41. The number of hydrogen-bond acceptors (Lipinski definition) is 3. The summed E-state index contributed by atoms with van der Waals surface area (Å²) in [6.45, 7) is 0.577. The van der Waals surface area contributed by atoms with Gasteiger partial charge in [0.2, 0.25) is 5.91 Å². The lowest BCUT2D eigenvalue weighted by Crippen LogP contribution is -2.29. The van der Waals surface area contributed by atoms with Gasteiger partial charge in [0, 0.05) is 18.1 Å². The van der Waals surface area contributed by atoms with Gasteiger partial charge in [-0.25, -0.2) is 0 Å². The van der Waals surface area contributed by atoms with Crippen LogP contribution in [-0.4, -0.2) is 24.9 Å². The normalized spacial score (nSPS) is 10.4. The van der Waals surface area contributed by atoms with Crippen LogP contribution in [0.25, 0.3) is 0 Å². The van der Waals surface area contributed by atoms with E-state index in [-0.39, 0.29) is 41.0 Å². The molecule has 0 aromatic heterocycles. The van der Waals surface area contributed by atoms with Crippen molar-refractivity contribution < 1.29 is 9.59 Å². The van der Waals surface area contributed by atoms with Gasteiger partial charge in [-0.05, 0) is 29.8 Å². The van der Waals surface area contributed by atoms with Gasteiger partial charge in [-0.1, -0.05) is 46.9 Å². The zero-order valence-corrected chi connectivity index (χ0v) is 15.4. The van der Waals surface area contributed by atoms with Crippen LogP contribution in [0.2, 0.25) is 15.1 Å². The van der Waals surface area contributed by atoms with Crippen molar-refractivity contribution in [3.63, 3.8) is 0 Å². The molecule has 0 aliphatic rings. The Morgan fingerprint density at radius 1 is 1.08 bits per heavy atom. The van der Waals surface area contributed by atoms with E-state index in [9.17, 15) is 9.59 Å². The molecule has 2 aromatic carbocycles. The molecule has 0 spiro atoms. The zero-order chi connectivity index (χ0) is 18.4. The highest BCUT2D eigenvalue weighted by atomic mass is 35.5. The third-order valence-corrected chi connectivity index (χ3v) is 4.22. The molecule has 2 rings (SSSR count). The van der Waals surface area contributed by atoms with Crippen LogP contribution >= 0.6 is 34.8 Å². The van der Waals surface area contributed by atoms with Crippen molar-refractivity contribution >= 4 is 52.3 Å². The topological polar surface area (TPSA) is 84.2 Å². The van der Waals surface area contributed by atoms with Crippen LogP contribution < -0.4 is 16.4 Å². The van der Waals surface area contributed by atoms with Gasteiger partial charge >= 0.3 is 0 Å². The van der Waals surface area contributed by atoms with E-state index in [4.69, 9.17) is 40.5 Å². The predicted octanol–water partition coefficient (Wildman–Crippen LogP) is 3.52. The minimum absolute atomic E-state index is 0.0708. The summed E-state index contributed by atoms with van der Waals surface area (Å²) in [7, 11) is 0. The average Bonchev–Trinajstić information content (AvgIpc) is 2.55. The molecule has 0 saturated carbocycles. The molecule has 0 atom stereocenters. The number of halogens is 3. The molecular formula is C17H16Cl3N3O2. The summed E-state index contributed by atoms with van der Waals surface area (Å²) < 4.78 is 0. The van der Waals surface area contributed by atoms with E-state index in [0.717, 1.165) is 5.56 Å². The van der Waals surface area contributed by atoms with Crippen molar-refractivity contribution in [1.29, 1.82) is 0 Å². The molecule has 2 amide bonds. The van der Waals surface area contributed by atoms with Crippen LogP contribution in [0.1, 0.15) is 15.9 Å². The van der Waals surface area contributed by atoms with E-state index in [2.05, 4.69) is 10.6 Å². The number of nitrogens with two attached hydrogens (primary N) is 1. The van der Waals surface area contributed by atoms with Gasteiger partial charge in [-0.15, -0.1) is 0 Å². The number of carbonyl (C=O) groups is 2. The number of hydrogen-bond donors (Lipinski definition) is 3. The third-order valence-electron chi connectivity index (χ3n) is 3.28. The third kappa shape index (κ3) is 5.34. The summed E-state index contributed by atoms with van der Waals surface area (Å²) >= 11 is 18.2. The van der Waals surface area contributed by atoms with Crippen molar-refractivity contribution in [3.8, 4) is 0 Å². The van der Waals surface area contributed by atoms with Crippen molar-refractivity contribution in [2.24, 2.45) is 5.73 Å². The molecule has 0 aliphatic heterocycles. The lowest BCUT2D eigenvalue weighted by atomic mass is 10.1. The number of benzene rings is 2. The highest BCUT2D eigenvalue weighted by Gasteiger charge is 2.18. The molecule has 4 N–H and O–H groups in total. The van der Waals surface area contributed by atoms with Crippen LogP contribution in [-0.2, 0) is 11.2 Å². The van der Waals surface area contributed by atoms with Gasteiger partial charge in [0.05, 0.1) is 27.7 Å². The average molecular weight is 401 g/mol. The number of carbonyl (C=O) groups excluding carboxylic acids is 2. The first-order valence-corrected chi connectivity index (χ1v) is 8.56. The van der Waals surface area contributed by atoms with Gasteiger partial charge in [0.25, 0.3) is 5.91 Å². The second-order valence-electron chi connectivity index (χ2n) is 5.18. The Morgan fingerprint density at radius 2 is 1.84 bits per heavy atom. The SMILES string of the molecule is NCCNC(=O)c1c(Cl)ccc(NC(=O)Cc2cccc(Cl)c2)c1Cl. The van der Waals surface area contributed by atoms with E-state index in [1.807, 2.05) is 0 Å². The molecule has 0 radical (unpaired) electrons. The van der Waals surface area contributed by atoms with Crippen LogP contribution in [0, 0.1) is 0 Å². The minimum atomic E-state index is -0.452. The van der Waals surface area contributed by atoms with Gasteiger partial charge in [0.1, 0.15) is 0 Å². The molecule has 0 saturated heterocycles. The lowest BCUT2D eigenvalue weighted by molar-refractivity contribution is -0.115. The van der Waals surface area contributed by atoms with Gasteiger partial charge in [0.15, 0.2) is 0 Å². The van der Waals surface area contributed by atoms with Gasteiger partial charge in [-0.2, -0.15) is 0 Å². The van der Waals surface area contributed by atoms with Crippen molar-refractivity contribution in [3.05, 3.63) is 62.6 Å². The molecule has 0 bridgehead atoms. The summed E-state index contributed by atoms with van der Waals surface area (Å²) in [6, 6.07) is 10.0. The Bertz CT molecular complexity index is 797. The Kier molecular flexibility index (Phi) is 7.08. The lowest BCUT2D eigenvalue weighted by Gasteiger charge is -2.13. The van der Waals surface area contributed by atoms with E-state index in [1.54, 1.807) is 30.3 Å². The highest BCUT2D eigenvalue weighted by Crippen LogP contribution is 2.31. The summed E-state index contributed by atoms with van der Waals surface area (Å²) in [5, 5.41) is 6.08. The van der Waals surface area contributed by atoms with Crippen LogP contribution in [0.3, 0.4) is 0 Å². The number of anilines is 1. The first-order chi connectivity index (χ1) is 11.9. The maximum absolute atomic E-state index is 12.2. The molecule has 25 heavy (non-hydrogen) atoms. The van der Waals surface area contributed by atoms with E-state index in [0.29, 0.717) is 10.7 Å². The standard InChI is InChI=1S/C17H16Cl3N3O2/c18-11-3-1-2-10(8-11)9-14(24)23-13-5-4-12(19)15(16(13)20)17(25)22-7-6-21/h1-5,8H,6-7,9,21H2,(H,22,25)(H,23,24). The van der Waals surface area contributed by atoms with Crippen molar-refractivity contribution in [2.45, 2.75) is 6.42 Å². The largest absolute Gasteiger partial charge is 0.351 e. The van der Waals surface area contributed by atoms with Crippen molar-refractivity contribution in [2.75, 3.05) is 18.4 Å². The minimum Gasteiger partial charge on any atom is -0.351 e. The number of rotatable bonds is 6. The fourth-order valence-electron chi connectivity index (χ4n) is 2.16. The van der Waals surface area contributed by atoms with E-state index in [1.165, 1.54) is 6.07 Å². The Balaban J connectivity index is 2.16. The zero-order valence-electron chi connectivity index (χ0n) is 13.1. The summed E-state index contributed by atoms with van der Waals surface area (Å²) in [5.74, 6) is -0.744. The number of amides is 2. The maximum Gasteiger partial charge on any atom is 0.254 e. The fourth-order valence-corrected chi connectivity index (χ4v) is 2.96. The molecule has 2 aromatic rings. The summed E-state index contributed by atoms with van der Waals surface area (Å²) in [5.41, 5.74) is 6.52. The molecule has 132 valence electrons. The van der Waals surface area contributed by atoms with Crippen LogP contribution in [0.5, 0.6) is 0 Å². The molecule has 0 aliphatic carbocycles. The quantitative estimate of drug-likeness (QED) is 0.693. The second kappa shape index (κ2) is 9.06. The smallest absolute Gasteiger partial charge is 0.254 e. The van der Waals surface area contributed by atoms with Gasteiger partial charge in [-0.3, -0.25) is 9.59 Å². The Morgan fingerprint density at radius 3 is 2.52 bits per heavy atom. The predicted molar refractivity (Wildman–Crippen MR) is 102 cm³/mol. The van der Waals surface area contributed by atoms with E-state index < -0.39 is 5.91 Å². The first-order valence-electron chi connectivity index (χ1n) is 7.43. The van der Waals surface area contributed by atoms with Crippen molar-refractivity contribution in [1.82, 2.24) is 5.32 Å². The Labute approximate surface area is 160 Å². The Hall–Kier alpha value is -1.79. The number of nitrogens with one attached hydrogen (secondary N) is 2. The molecule has 0 unspecified atom stereocenters. The van der Waals surface area contributed by atoms with E-state index >= 15 is 0 Å². The maximum atomic E-state index is 12.2. The molecule has 0 fully saturated rings. The molecule has 5 nitrogen and oxygen atoms in total. The monoisotopic (exact) mass is 399 g/mol. The molecular weight excluding hydrogens is 385 g/mol. The fraction of sp³-hybridized carbons (Fsp3) is 0.176. The second-order valence-corrected chi connectivity index (χ2v) is 6.40. The van der Waals surface area contributed by atoms with Gasteiger partial charge < -0.3 is 16.4 Å². The molecule has 0 heterocycles. The molecule has 8 heteroatoms.